The highest BCUT2D eigenvalue weighted by molar-refractivity contribution is 6.29. The van der Waals surface area contributed by atoms with Gasteiger partial charge < -0.3 is 10.2 Å². The zero-order valence-corrected chi connectivity index (χ0v) is 11.3. The van der Waals surface area contributed by atoms with Crippen LogP contribution in [0, 0.1) is 5.92 Å². The molecule has 1 aromatic heterocycles. The molecule has 6 heteroatoms. The first kappa shape index (κ1) is 13.2. The van der Waals surface area contributed by atoms with Crippen molar-refractivity contribution < 1.29 is 4.79 Å². The highest BCUT2D eigenvalue weighted by Gasteiger charge is 2.26. The zero-order valence-electron chi connectivity index (χ0n) is 10.6. The molecule has 0 spiro atoms. The lowest BCUT2D eigenvalue weighted by Crippen LogP contribution is -2.49. The van der Waals surface area contributed by atoms with Gasteiger partial charge in [-0.3, -0.25) is 9.78 Å². The maximum absolute atomic E-state index is 12.0. The van der Waals surface area contributed by atoms with Crippen molar-refractivity contribution >= 4 is 17.5 Å². The van der Waals surface area contributed by atoms with E-state index < -0.39 is 0 Å². The molecule has 98 valence electrons. The minimum Gasteiger partial charge on any atom is -0.348 e. The molecular formula is C12H17ClN4O. The number of hydrogen-bond acceptors (Lipinski definition) is 4. The topological polar surface area (TPSA) is 58.1 Å². The summed E-state index contributed by atoms with van der Waals surface area (Å²) in [6, 6.07) is 0.189. The van der Waals surface area contributed by atoms with Crippen molar-refractivity contribution in [2.24, 2.45) is 5.92 Å². The fourth-order valence-electron chi connectivity index (χ4n) is 2.26. The molecule has 1 aliphatic rings. The van der Waals surface area contributed by atoms with Crippen LogP contribution in [0.25, 0.3) is 0 Å². The SMILES string of the molecule is CC1CN(C)CCC1NC(=O)c1cncc(Cl)n1. The average molecular weight is 269 g/mol. The number of halogens is 1. The predicted molar refractivity (Wildman–Crippen MR) is 69.6 cm³/mol. The Balaban J connectivity index is 1.99. The Kier molecular flexibility index (Phi) is 4.14. The molecule has 0 saturated carbocycles. The number of aromatic nitrogens is 2. The molecule has 2 unspecified atom stereocenters. The number of carbonyl (C=O) groups excluding carboxylic acids is 1. The van der Waals surface area contributed by atoms with Gasteiger partial charge in [0.2, 0.25) is 0 Å². The molecule has 0 radical (unpaired) electrons. The van der Waals surface area contributed by atoms with E-state index in [1.807, 2.05) is 0 Å². The molecule has 2 rings (SSSR count). The number of rotatable bonds is 2. The van der Waals surface area contributed by atoms with Gasteiger partial charge in [-0.2, -0.15) is 0 Å². The first-order chi connectivity index (χ1) is 8.56. The van der Waals surface area contributed by atoms with Crippen molar-refractivity contribution in [2.75, 3.05) is 20.1 Å². The van der Waals surface area contributed by atoms with Crippen LogP contribution >= 0.6 is 11.6 Å². The summed E-state index contributed by atoms with van der Waals surface area (Å²) < 4.78 is 0. The zero-order chi connectivity index (χ0) is 13.1. The molecule has 2 heterocycles. The van der Waals surface area contributed by atoms with E-state index in [4.69, 9.17) is 11.6 Å². The summed E-state index contributed by atoms with van der Waals surface area (Å²) in [6.07, 6.45) is 3.80. The van der Waals surface area contributed by atoms with Gasteiger partial charge in [-0.15, -0.1) is 0 Å². The molecule has 1 amide bonds. The van der Waals surface area contributed by atoms with E-state index >= 15 is 0 Å². The number of piperidine rings is 1. The summed E-state index contributed by atoms with van der Waals surface area (Å²) >= 11 is 5.72. The number of nitrogens with one attached hydrogen (secondary N) is 1. The van der Waals surface area contributed by atoms with Crippen molar-refractivity contribution in [3.05, 3.63) is 23.2 Å². The third kappa shape index (κ3) is 3.17. The summed E-state index contributed by atoms with van der Waals surface area (Å²) in [6.45, 7) is 4.13. The summed E-state index contributed by atoms with van der Waals surface area (Å²) in [7, 11) is 2.09. The van der Waals surface area contributed by atoms with Gasteiger partial charge in [0.05, 0.1) is 12.4 Å². The molecule has 1 fully saturated rings. The molecule has 0 aliphatic carbocycles. The van der Waals surface area contributed by atoms with Crippen molar-refractivity contribution in [3.63, 3.8) is 0 Å². The van der Waals surface area contributed by atoms with Crippen molar-refractivity contribution in [2.45, 2.75) is 19.4 Å². The van der Waals surface area contributed by atoms with Gasteiger partial charge in [-0.1, -0.05) is 18.5 Å². The molecule has 18 heavy (non-hydrogen) atoms. The van der Waals surface area contributed by atoms with Gasteiger partial charge in [0, 0.05) is 12.6 Å². The van der Waals surface area contributed by atoms with Crippen LogP contribution in [0.4, 0.5) is 0 Å². The fraction of sp³-hybridized carbons (Fsp3) is 0.583. The van der Waals surface area contributed by atoms with Crippen LogP contribution < -0.4 is 5.32 Å². The maximum atomic E-state index is 12.0. The quantitative estimate of drug-likeness (QED) is 0.876. The van der Waals surface area contributed by atoms with Crippen molar-refractivity contribution in [1.29, 1.82) is 0 Å². The van der Waals surface area contributed by atoms with Crippen molar-refractivity contribution in [1.82, 2.24) is 20.2 Å². The molecule has 1 saturated heterocycles. The summed E-state index contributed by atoms with van der Waals surface area (Å²) in [4.78, 5) is 22.1. The van der Waals surface area contributed by atoms with E-state index in [9.17, 15) is 4.79 Å². The molecule has 0 bridgehead atoms. The van der Waals surface area contributed by atoms with Gasteiger partial charge in [-0.05, 0) is 25.9 Å². The Morgan fingerprint density at radius 3 is 3.00 bits per heavy atom. The van der Waals surface area contributed by atoms with E-state index in [1.165, 1.54) is 12.4 Å². The monoisotopic (exact) mass is 268 g/mol. The van der Waals surface area contributed by atoms with Crippen LogP contribution in [0.15, 0.2) is 12.4 Å². The summed E-state index contributed by atoms with van der Waals surface area (Å²) in [5.41, 5.74) is 0.272. The molecule has 2 atom stereocenters. The minimum atomic E-state index is -0.202. The summed E-state index contributed by atoms with van der Waals surface area (Å²) in [5, 5.41) is 3.24. The van der Waals surface area contributed by atoms with Crippen LogP contribution in [0.1, 0.15) is 23.8 Å². The molecule has 1 N–H and O–H groups in total. The molecular weight excluding hydrogens is 252 g/mol. The number of hydrogen-bond donors (Lipinski definition) is 1. The van der Waals surface area contributed by atoms with E-state index in [2.05, 4.69) is 34.2 Å². The van der Waals surface area contributed by atoms with E-state index in [1.54, 1.807) is 0 Å². The second-order valence-corrected chi connectivity index (χ2v) is 5.22. The first-order valence-corrected chi connectivity index (χ1v) is 6.41. The Morgan fingerprint density at radius 1 is 1.56 bits per heavy atom. The van der Waals surface area contributed by atoms with Gasteiger partial charge in [0.15, 0.2) is 0 Å². The highest BCUT2D eigenvalue weighted by Crippen LogP contribution is 2.15. The molecule has 1 aliphatic heterocycles. The third-order valence-corrected chi connectivity index (χ3v) is 3.44. The molecule has 0 aromatic carbocycles. The van der Waals surface area contributed by atoms with E-state index in [0.717, 1.165) is 19.5 Å². The number of likely N-dealkylation sites (tertiary alicyclic amines) is 1. The number of nitrogens with zero attached hydrogens (tertiary/aromatic N) is 3. The third-order valence-electron chi connectivity index (χ3n) is 3.26. The van der Waals surface area contributed by atoms with Crippen LogP contribution in [-0.2, 0) is 0 Å². The number of carbonyl (C=O) groups is 1. The van der Waals surface area contributed by atoms with E-state index in [-0.39, 0.29) is 22.8 Å². The van der Waals surface area contributed by atoms with Crippen LogP contribution in [0.5, 0.6) is 0 Å². The van der Waals surface area contributed by atoms with Gasteiger partial charge in [0.25, 0.3) is 5.91 Å². The Labute approximate surface area is 112 Å². The van der Waals surface area contributed by atoms with Gasteiger partial charge >= 0.3 is 0 Å². The molecule has 1 aromatic rings. The average Bonchev–Trinajstić information content (AvgIpc) is 2.32. The smallest absolute Gasteiger partial charge is 0.271 e. The van der Waals surface area contributed by atoms with E-state index in [0.29, 0.717) is 5.92 Å². The van der Waals surface area contributed by atoms with Crippen LogP contribution in [0.2, 0.25) is 5.15 Å². The Hall–Kier alpha value is -1.20. The van der Waals surface area contributed by atoms with Gasteiger partial charge in [-0.25, -0.2) is 4.98 Å². The second-order valence-electron chi connectivity index (χ2n) is 4.84. The Bertz CT molecular complexity index is 440. The number of amides is 1. The van der Waals surface area contributed by atoms with Crippen LogP contribution in [0.3, 0.4) is 0 Å². The lowest BCUT2D eigenvalue weighted by atomic mass is 9.94. The first-order valence-electron chi connectivity index (χ1n) is 6.03. The highest BCUT2D eigenvalue weighted by atomic mass is 35.5. The fourth-order valence-corrected chi connectivity index (χ4v) is 2.41. The van der Waals surface area contributed by atoms with Crippen molar-refractivity contribution in [3.8, 4) is 0 Å². The minimum absolute atomic E-state index is 0.189. The van der Waals surface area contributed by atoms with Crippen LogP contribution in [-0.4, -0.2) is 47.0 Å². The predicted octanol–water partition coefficient (Wildman–Crippen LogP) is 1.20. The standard InChI is InChI=1S/C12H17ClN4O/c1-8-7-17(2)4-3-9(8)16-12(18)10-5-14-6-11(13)15-10/h5-6,8-9H,3-4,7H2,1-2H3,(H,16,18). The van der Waals surface area contributed by atoms with Gasteiger partial charge in [0.1, 0.15) is 10.8 Å². The largest absolute Gasteiger partial charge is 0.348 e. The lowest BCUT2D eigenvalue weighted by Gasteiger charge is -2.35. The lowest BCUT2D eigenvalue weighted by molar-refractivity contribution is 0.0878. The normalized spacial score (nSPS) is 24.8. The second kappa shape index (κ2) is 5.63. The molecule has 5 nitrogen and oxygen atoms in total. The summed E-state index contributed by atoms with van der Waals surface area (Å²) in [5.74, 6) is 0.228. The maximum Gasteiger partial charge on any atom is 0.271 e. The Morgan fingerprint density at radius 2 is 2.33 bits per heavy atom.